The van der Waals surface area contributed by atoms with Gasteiger partial charge in [-0.3, -0.25) is 19.3 Å². The van der Waals surface area contributed by atoms with Gasteiger partial charge in [-0.25, -0.2) is 4.98 Å². The van der Waals surface area contributed by atoms with Crippen LogP contribution in [-0.2, 0) is 6.42 Å². The summed E-state index contributed by atoms with van der Waals surface area (Å²) in [5.41, 5.74) is 5.22. The molecule has 0 N–H and O–H groups in total. The number of pyridine rings is 2. The minimum absolute atomic E-state index is 0.107. The van der Waals surface area contributed by atoms with Crippen molar-refractivity contribution in [3.8, 4) is 5.69 Å². The van der Waals surface area contributed by atoms with E-state index in [2.05, 4.69) is 16.9 Å². The van der Waals surface area contributed by atoms with Crippen LogP contribution in [0.5, 0.6) is 0 Å². The van der Waals surface area contributed by atoms with Crippen molar-refractivity contribution in [3.63, 3.8) is 0 Å². The Morgan fingerprint density at radius 2 is 1.72 bits per heavy atom. The van der Waals surface area contributed by atoms with Gasteiger partial charge in [0, 0.05) is 11.9 Å². The zero-order valence-electron chi connectivity index (χ0n) is 16.8. The Morgan fingerprint density at radius 3 is 2.48 bits per heavy atom. The fraction of sp³-hybridized carbons (Fsp3) is 0.167. The Hall–Kier alpha value is -3.60. The minimum Gasteiger partial charge on any atom is -0.268 e. The smallest absolute Gasteiger partial charge is 0.266 e. The van der Waals surface area contributed by atoms with Gasteiger partial charge in [-0.15, -0.1) is 0 Å². The zero-order chi connectivity index (χ0) is 20.4. The molecule has 3 aromatic heterocycles. The molecule has 0 aliphatic rings. The van der Waals surface area contributed by atoms with E-state index in [-0.39, 0.29) is 5.56 Å². The Kier molecular flexibility index (Phi) is 5.04. The number of hydrogen-bond acceptors (Lipinski definition) is 4. The number of hydrogen-bond donors (Lipinski definition) is 0. The van der Waals surface area contributed by atoms with Crippen LogP contribution in [0, 0.1) is 13.8 Å². The lowest BCUT2D eigenvalue weighted by molar-refractivity contribution is 0.923. The second kappa shape index (κ2) is 7.80. The van der Waals surface area contributed by atoms with Crippen molar-refractivity contribution in [2.45, 2.75) is 27.2 Å². The molecule has 0 fully saturated rings. The molecule has 1 aromatic carbocycles. The molecule has 3 heterocycles. The normalized spacial score (nSPS) is 11.4. The number of aromatic nitrogens is 4. The molecule has 0 aliphatic heterocycles. The third-order valence-electron chi connectivity index (χ3n) is 4.95. The summed E-state index contributed by atoms with van der Waals surface area (Å²) in [6, 6.07) is 13.7. The molecular weight excluding hydrogens is 360 g/mol. The first kappa shape index (κ1) is 18.7. The van der Waals surface area contributed by atoms with Crippen molar-refractivity contribution in [1.29, 1.82) is 0 Å². The van der Waals surface area contributed by atoms with E-state index in [9.17, 15) is 4.79 Å². The second-order valence-electron chi connectivity index (χ2n) is 6.98. The topological polar surface area (TPSA) is 60.7 Å². The van der Waals surface area contributed by atoms with Crippen molar-refractivity contribution in [2.75, 3.05) is 0 Å². The van der Waals surface area contributed by atoms with Gasteiger partial charge in [0.05, 0.1) is 28.5 Å². The van der Waals surface area contributed by atoms with Gasteiger partial charge in [0.25, 0.3) is 5.56 Å². The fourth-order valence-electron chi connectivity index (χ4n) is 3.49. The Morgan fingerprint density at radius 1 is 0.966 bits per heavy atom. The van der Waals surface area contributed by atoms with Crippen LogP contribution in [-0.4, -0.2) is 19.5 Å². The first-order valence-electron chi connectivity index (χ1n) is 9.66. The summed E-state index contributed by atoms with van der Waals surface area (Å²) >= 11 is 0. The largest absolute Gasteiger partial charge is 0.268 e. The molecule has 0 amide bonds. The summed E-state index contributed by atoms with van der Waals surface area (Å²) in [6.45, 7) is 6.09. The summed E-state index contributed by atoms with van der Waals surface area (Å²) in [7, 11) is 0. The maximum Gasteiger partial charge on any atom is 0.266 e. The molecule has 0 atom stereocenters. The third kappa shape index (κ3) is 3.59. The van der Waals surface area contributed by atoms with Crippen LogP contribution in [0.3, 0.4) is 0 Å². The third-order valence-corrected chi connectivity index (χ3v) is 4.95. The second-order valence-corrected chi connectivity index (χ2v) is 6.98. The molecule has 144 valence electrons. The highest BCUT2D eigenvalue weighted by molar-refractivity contribution is 5.79. The lowest BCUT2D eigenvalue weighted by atomic mass is 10.1. The number of rotatable bonds is 4. The highest BCUT2D eigenvalue weighted by atomic mass is 16.1. The van der Waals surface area contributed by atoms with E-state index in [1.54, 1.807) is 23.0 Å². The molecule has 0 saturated heterocycles. The molecule has 4 aromatic rings. The van der Waals surface area contributed by atoms with Crippen LogP contribution >= 0.6 is 0 Å². The van der Waals surface area contributed by atoms with Crippen molar-refractivity contribution < 1.29 is 0 Å². The zero-order valence-corrected chi connectivity index (χ0v) is 16.8. The van der Waals surface area contributed by atoms with E-state index in [1.165, 1.54) is 0 Å². The molecule has 0 unspecified atom stereocenters. The van der Waals surface area contributed by atoms with Crippen LogP contribution in [0.15, 0.2) is 59.7 Å². The van der Waals surface area contributed by atoms with Crippen LogP contribution in [0.1, 0.15) is 35.3 Å². The molecule has 0 aliphatic carbocycles. The lowest BCUT2D eigenvalue weighted by Crippen LogP contribution is -2.24. The van der Waals surface area contributed by atoms with Gasteiger partial charge >= 0.3 is 0 Å². The molecule has 5 nitrogen and oxygen atoms in total. The summed E-state index contributed by atoms with van der Waals surface area (Å²) in [5.74, 6) is 0.552. The quantitative estimate of drug-likeness (QED) is 0.520. The van der Waals surface area contributed by atoms with Crippen LogP contribution in [0.25, 0.3) is 28.7 Å². The van der Waals surface area contributed by atoms with Gasteiger partial charge < -0.3 is 0 Å². The SMILES string of the molecule is CCc1cccc(/C=C/c2nc3cnccc3c(=O)n2-c2c(C)cccc2C)n1. The molecule has 0 bridgehead atoms. The molecule has 0 spiro atoms. The highest BCUT2D eigenvalue weighted by Crippen LogP contribution is 2.21. The van der Waals surface area contributed by atoms with Gasteiger partial charge in [0.2, 0.25) is 0 Å². The van der Waals surface area contributed by atoms with Crippen LogP contribution in [0.2, 0.25) is 0 Å². The van der Waals surface area contributed by atoms with Gasteiger partial charge in [0.1, 0.15) is 5.82 Å². The number of para-hydroxylation sites is 1. The van der Waals surface area contributed by atoms with E-state index in [0.717, 1.165) is 34.6 Å². The average Bonchev–Trinajstić information content (AvgIpc) is 2.74. The van der Waals surface area contributed by atoms with Crippen molar-refractivity contribution in [2.24, 2.45) is 0 Å². The first-order valence-corrected chi connectivity index (χ1v) is 9.66. The predicted octanol–water partition coefficient (Wildman–Crippen LogP) is 4.53. The Labute approximate surface area is 169 Å². The van der Waals surface area contributed by atoms with Gasteiger partial charge in [-0.1, -0.05) is 31.2 Å². The standard InChI is InChI=1S/C24H22N4O/c1-4-18-9-6-10-19(26-18)11-12-22-27-21-15-25-14-13-20(21)24(29)28(22)23-16(2)7-5-8-17(23)3/h5-15H,4H2,1-3H3/b12-11+. The number of nitrogens with zero attached hydrogens (tertiary/aromatic N) is 4. The average molecular weight is 382 g/mol. The van der Waals surface area contributed by atoms with Crippen molar-refractivity contribution >= 4 is 23.1 Å². The van der Waals surface area contributed by atoms with E-state index in [1.807, 2.05) is 62.4 Å². The van der Waals surface area contributed by atoms with Gasteiger partial charge in [-0.2, -0.15) is 0 Å². The van der Waals surface area contributed by atoms with Crippen molar-refractivity contribution in [3.05, 3.63) is 93.6 Å². The summed E-state index contributed by atoms with van der Waals surface area (Å²) < 4.78 is 1.69. The Bertz CT molecular complexity index is 1270. The van der Waals surface area contributed by atoms with E-state index >= 15 is 0 Å². The Balaban J connectivity index is 1.97. The van der Waals surface area contributed by atoms with E-state index in [0.29, 0.717) is 16.7 Å². The maximum absolute atomic E-state index is 13.4. The summed E-state index contributed by atoms with van der Waals surface area (Å²) in [4.78, 5) is 26.9. The van der Waals surface area contributed by atoms with Gasteiger partial charge in [0.15, 0.2) is 0 Å². The lowest BCUT2D eigenvalue weighted by Gasteiger charge is -2.16. The van der Waals surface area contributed by atoms with Crippen LogP contribution in [0.4, 0.5) is 0 Å². The highest BCUT2D eigenvalue weighted by Gasteiger charge is 2.14. The number of aryl methyl sites for hydroxylation is 3. The van der Waals surface area contributed by atoms with E-state index < -0.39 is 0 Å². The first-order chi connectivity index (χ1) is 14.1. The molecule has 5 heteroatoms. The molecule has 0 radical (unpaired) electrons. The van der Waals surface area contributed by atoms with Crippen molar-refractivity contribution in [1.82, 2.24) is 19.5 Å². The minimum atomic E-state index is -0.107. The monoisotopic (exact) mass is 382 g/mol. The predicted molar refractivity (Wildman–Crippen MR) is 117 cm³/mol. The fourth-order valence-corrected chi connectivity index (χ4v) is 3.49. The molecule has 0 saturated carbocycles. The number of fused-ring (bicyclic) bond motifs is 1. The maximum atomic E-state index is 13.4. The molecular formula is C24H22N4O. The summed E-state index contributed by atoms with van der Waals surface area (Å²) in [5, 5.41) is 0.547. The van der Waals surface area contributed by atoms with Gasteiger partial charge in [-0.05, 0) is 61.7 Å². The number of benzene rings is 1. The molecule has 29 heavy (non-hydrogen) atoms. The summed E-state index contributed by atoms with van der Waals surface area (Å²) in [6.07, 6.45) is 7.86. The molecule has 4 rings (SSSR count). The van der Waals surface area contributed by atoms with E-state index in [4.69, 9.17) is 4.98 Å². The van der Waals surface area contributed by atoms with Crippen LogP contribution < -0.4 is 5.56 Å².